The minimum atomic E-state index is -0.117. The van der Waals surface area contributed by atoms with Crippen molar-refractivity contribution in [3.8, 4) is 56.1 Å². The molecule has 6 heterocycles. The van der Waals surface area contributed by atoms with Crippen molar-refractivity contribution in [2.45, 2.75) is 0 Å². The van der Waals surface area contributed by atoms with E-state index in [9.17, 15) is 0 Å². The molecule has 0 saturated carbocycles. The van der Waals surface area contributed by atoms with Gasteiger partial charge in [0, 0.05) is 0 Å². The molecule has 0 N–H and O–H groups in total. The second-order valence-electron chi connectivity index (χ2n) is 25.8. The fourth-order valence-corrected chi connectivity index (χ4v) is 19.4. The van der Waals surface area contributed by atoms with Crippen molar-refractivity contribution in [3.05, 3.63) is 340 Å². The standard InChI is InChI=1S/C90H56BN5Se/c1-4-25-57(26-5-1)58-53-84-87-86(54-58)97-85-56-62(93-79-45-18-12-33-65(79)66-34-13-19-46-80(66)93)50-52-76(85)91(87)75-51-49-61(92-77-43-16-10-31-63(77)64-32-11-17-44-78(64)92)55-83(75)96(84)90-73(71-39-22-37-69-67-35-14-20-47-81(67)94(88(69)71)59-27-6-2-7-28-59)41-24-42-74(90)72-40-23-38-70-68-36-15-21-48-82(68)95(89(70)72)60-29-8-3-9-30-60/h1-56H. The Morgan fingerprint density at radius 1 is 0.237 bits per heavy atom. The Balaban J connectivity index is 0.921. The maximum absolute atomic E-state index is 2.75. The molecule has 2 aliphatic rings. The summed E-state index contributed by atoms with van der Waals surface area (Å²) in [5.41, 5.74) is 28.3. The number of anilines is 3. The number of fused-ring (bicyclic) bond motifs is 16. The van der Waals surface area contributed by atoms with E-state index in [1.807, 2.05) is 0 Å². The molecule has 0 spiro atoms. The van der Waals surface area contributed by atoms with Crippen LogP contribution in [-0.2, 0) is 0 Å². The van der Waals surface area contributed by atoms with Gasteiger partial charge in [-0.25, -0.2) is 0 Å². The van der Waals surface area contributed by atoms with E-state index in [0.717, 1.165) is 61.7 Å². The first-order valence-corrected chi connectivity index (χ1v) is 35.2. The van der Waals surface area contributed by atoms with Gasteiger partial charge in [0.2, 0.25) is 0 Å². The molecule has 0 atom stereocenters. The summed E-state index contributed by atoms with van der Waals surface area (Å²) in [5.74, 6) is 0. The van der Waals surface area contributed by atoms with Crippen LogP contribution in [0.2, 0.25) is 0 Å². The van der Waals surface area contributed by atoms with Crippen LogP contribution in [0.15, 0.2) is 340 Å². The Bertz CT molecular complexity index is 6210. The number of benzene rings is 15. The Morgan fingerprint density at radius 3 is 1.10 bits per heavy atom. The Morgan fingerprint density at radius 2 is 0.619 bits per heavy atom. The first-order chi connectivity index (χ1) is 48.2. The van der Waals surface area contributed by atoms with Gasteiger partial charge in [-0.3, -0.25) is 0 Å². The fraction of sp³-hybridized carbons (Fsp3) is 0. The molecule has 0 amide bonds. The second-order valence-corrected chi connectivity index (χ2v) is 28.1. The van der Waals surface area contributed by atoms with Crippen molar-refractivity contribution in [3.63, 3.8) is 0 Å². The van der Waals surface area contributed by atoms with Crippen LogP contribution in [0.5, 0.6) is 0 Å². The van der Waals surface area contributed by atoms with Crippen LogP contribution in [-0.4, -0.2) is 39.9 Å². The third kappa shape index (κ3) is 7.96. The Kier molecular flexibility index (Phi) is 11.9. The first-order valence-electron chi connectivity index (χ1n) is 33.4. The Labute approximate surface area is 566 Å². The third-order valence-corrected chi connectivity index (χ3v) is 23.2. The van der Waals surface area contributed by atoms with Crippen LogP contribution in [0.3, 0.4) is 0 Å². The van der Waals surface area contributed by atoms with Gasteiger partial charge in [-0.15, -0.1) is 0 Å². The molecule has 0 radical (unpaired) electrons. The monoisotopic (exact) mass is 1300 g/mol. The van der Waals surface area contributed by atoms with Crippen LogP contribution in [0, 0.1) is 0 Å². The predicted molar refractivity (Wildman–Crippen MR) is 411 cm³/mol. The zero-order chi connectivity index (χ0) is 63.4. The third-order valence-electron chi connectivity index (χ3n) is 20.8. The van der Waals surface area contributed by atoms with Crippen molar-refractivity contribution in [1.29, 1.82) is 0 Å². The summed E-state index contributed by atoms with van der Waals surface area (Å²) in [7, 11) is 0. The fourth-order valence-electron chi connectivity index (χ4n) is 16.8. The van der Waals surface area contributed by atoms with Gasteiger partial charge in [0.05, 0.1) is 0 Å². The molecule has 19 aromatic rings. The van der Waals surface area contributed by atoms with E-state index in [-0.39, 0.29) is 21.7 Å². The molecular formula is C90H56BN5Se. The number of rotatable bonds is 8. The molecule has 2 aliphatic heterocycles. The number of para-hydroxylation sites is 11. The van der Waals surface area contributed by atoms with Crippen molar-refractivity contribution in [2.75, 3.05) is 4.90 Å². The van der Waals surface area contributed by atoms with Crippen LogP contribution >= 0.6 is 0 Å². The summed E-state index contributed by atoms with van der Waals surface area (Å²) in [5, 5.41) is 9.83. The number of hydrogen-bond acceptors (Lipinski definition) is 1. The van der Waals surface area contributed by atoms with E-state index in [0.29, 0.717) is 0 Å². The van der Waals surface area contributed by atoms with E-state index in [4.69, 9.17) is 0 Å². The number of aromatic nitrogens is 4. The summed E-state index contributed by atoms with van der Waals surface area (Å²) in [4.78, 5) is 2.75. The molecule has 0 aliphatic carbocycles. The maximum atomic E-state index is 2.75. The van der Waals surface area contributed by atoms with Crippen LogP contribution in [0.1, 0.15) is 0 Å². The van der Waals surface area contributed by atoms with Gasteiger partial charge in [-0.1, -0.05) is 12.1 Å². The van der Waals surface area contributed by atoms with Crippen molar-refractivity contribution >= 4 is 151 Å². The normalized spacial score (nSPS) is 12.7. The molecule has 0 fully saturated rings. The van der Waals surface area contributed by atoms with E-state index >= 15 is 0 Å². The molecule has 0 saturated heterocycles. The summed E-state index contributed by atoms with van der Waals surface area (Å²) >= 11 is -0.117. The molecule has 0 unspecified atom stereocenters. The molecule has 450 valence electrons. The van der Waals surface area contributed by atoms with Gasteiger partial charge >= 0.3 is 558 Å². The van der Waals surface area contributed by atoms with Gasteiger partial charge in [-0.2, -0.15) is 0 Å². The summed E-state index contributed by atoms with van der Waals surface area (Å²) in [6, 6.07) is 128. The molecule has 15 aromatic carbocycles. The zero-order valence-corrected chi connectivity index (χ0v) is 54.3. The van der Waals surface area contributed by atoms with Crippen molar-refractivity contribution in [2.24, 2.45) is 0 Å². The molecule has 21 rings (SSSR count). The zero-order valence-electron chi connectivity index (χ0n) is 52.6. The average Bonchev–Trinajstić information content (AvgIpc) is 1.21. The van der Waals surface area contributed by atoms with E-state index in [1.165, 1.54) is 124 Å². The van der Waals surface area contributed by atoms with Gasteiger partial charge < -0.3 is 0 Å². The quantitative estimate of drug-likeness (QED) is 0.139. The van der Waals surface area contributed by atoms with Gasteiger partial charge in [-0.05, 0) is 0 Å². The molecule has 0 bridgehead atoms. The van der Waals surface area contributed by atoms with Crippen LogP contribution < -0.4 is 30.2 Å². The SMILES string of the molecule is c1ccc(-c2cc3c4c(c2)N(c2c(-c5cccc6c7ccccc7n(-c7ccccc7)c56)cccc2-c2cccc5c6ccccc6n(-c6ccccc6)c25)c2cc(-n5c6ccccc6c6ccccc65)ccc2B4c2ccc(-n4c5ccccc5c5ccccc54)cc2[Se]3)cc1. The summed E-state index contributed by atoms with van der Waals surface area (Å²) in [6.07, 6.45) is 0. The van der Waals surface area contributed by atoms with Crippen LogP contribution in [0.4, 0.5) is 17.1 Å². The van der Waals surface area contributed by atoms with Gasteiger partial charge in [0.1, 0.15) is 0 Å². The molecule has 4 aromatic heterocycles. The summed E-state index contributed by atoms with van der Waals surface area (Å²) in [6.45, 7) is -0.102. The summed E-state index contributed by atoms with van der Waals surface area (Å²) < 4.78 is 12.8. The predicted octanol–water partition coefficient (Wildman–Crippen LogP) is 19.3. The van der Waals surface area contributed by atoms with Crippen molar-refractivity contribution in [1.82, 2.24) is 18.3 Å². The van der Waals surface area contributed by atoms with Gasteiger partial charge in [0.25, 0.3) is 0 Å². The van der Waals surface area contributed by atoms with Crippen molar-refractivity contribution < 1.29 is 0 Å². The number of nitrogens with zero attached hydrogens (tertiary/aromatic N) is 5. The van der Waals surface area contributed by atoms with Gasteiger partial charge in [0.15, 0.2) is 0 Å². The molecule has 97 heavy (non-hydrogen) atoms. The van der Waals surface area contributed by atoms with E-state index < -0.39 is 0 Å². The molecule has 5 nitrogen and oxygen atoms in total. The molecular weight excluding hydrogens is 1240 g/mol. The topological polar surface area (TPSA) is 23.0 Å². The second kappa shape index (κ2) is 21.2. The molecule has 7 heteroatoms. The average molecular weight is 1300 g/mol. The Hall–Kier alpha value is -12.1. The van der Waals surface area contributed by atoms with E-state index in [2.05, 4.69) is 363 Å². The number of hydrogen-bond donors (Lipinski definition) is 0. The van der Waals surface area contributed by atoms with E-state index in [1.54, 1.807) is 0 Å². The first kappa shape index (κ1) is 54.3. The minimum absolute atomic E-state index is 0.102. The van der Waals surface area contributed by atoms with Crippen LogP contribution in [0.25, 0.3) is 143 Å².